The van der Waals surface area contributed by atoms with Gasteiger partial charge >= 0.3 is 5.91 Å². The molecule has 9 nitrogen and oxygen atoms in total. The van der Waals surface area contributed by atoms with Crippen molar-refractivity contribution in [3.63, 3.8) is 0 Å². The van der Waals surface area contributed by atoms with E-state index in [2.05, 4.69) is 14.9 Å². The third-order valence-corrected chi connectivity index (χ3v) is 7.51. The Morgan fingerprint density at radius 1 is 1.17 bits per heavy atom. The Labute approximate surface area is 203 Å². The summed E-state index contributed by atoms with van der Waals surface area (Å²) >= 11 is 0. The summed E-state index contributed by atoms with van der Waals surface area (Å²) < 4.78 is 11.6. The number of fused-ring (bicyclic) bond motifs is 6. The maximum Gasteiger partial charge on any atom is 0.312 e. The van der Waals surface area contributed by atoms with E-state index >= 15 is 0 Å². The zero-order chi connectivity index (χ0) is 23.9. The van der Waals surface area contributed by atoms with Crippen LogP contribution in [-0.4, -0.2) is 70.5 Å². The molecular weight excluding hydrogens is 446 g/mol. The summed E-state index contributed by atoms with van der Waals surface area (Å²) in [6, 6.07) is 9.59. The van der Waals surface area contributed by atoms with Crippen molar-refractivity contribution >= 4 is 16.8 Å². The fourth-order valence-corrected chi connectivity index (χ4v) is 5.78. The molecule has 1 amide bonds. The molecule has 0 radical (unpaired) electrons. The van der Waals surface area contributed by atoms with Crippen LogP contribution in [0.5, 0.6) is 11.5 Å². The molecule has 2 atom stereocenters. The zero-order valence-corrected chi connectivity index (χ0v) is 19.7. The third-order valence-electron chi connectivity index (χ3n) is 7.51. The summed E-state index contributed by atoms with van der Waals surface area (Å²) in [6.45, 7) is 4.15. The van der Waals surface area contributed by atoms with Crippen LogP contribution in [0.15, 0.2) is 42.9 Å². The van der Waals surface area contributed by atoms with Gasteiger partial charge in [0.15, 0.2) is 0 Å². The summed E-state index contributed by atoms with van der Waals surface area (Å²) in [4.78, 5) is 37.4. The van der Waals surface area contributed by atoms with Crippen LogP contribution < -0.4 is 9.47 Å². The number of amides is 1. The first-order chi connectivity index (χ1) is 17.1. The smallest absolute Gasteiger partial charge is 0.312 e. The quantitative estimate of drug-likeness (QED) is 0.401. The normalized spacial score (nSPS) is 21.5. The molecule has 0 unspecified atom stereocenters. The van der Waals surface area contributed by atoms with E-state index in [0.29, 0.717) is 29.5 Å². The molecule has 3 aromatic rings. The fraction of sp³-hybridized carbons (Fsp3) is 0.423. The molecule has 1 saturated heterocycles. The number of rotatable bonds is 6. The van der Waals surface area contributed by atoms with E-state index in [0.717, 1.165) is 66.4 Å². The lowest BCUT2D eigenvalue weighted by Gasteiger charge is -2.29. The Morgan fingerprint density at radius 2 is 2.06 bits per heavy atom. The van der Waals surface area contributed by atoms with Gasteiger partial charge in [0, 0.05) is 47.6 Å². The summed E-state index contributed by atoms with van der Waals surface area (Å²) in [7, 11) is 1.71. The number of likely N-dealkylation sites (tertiary alicyclic amines) is 1. The van der Waals surface area contributed by atoms with Crippen LogP contribution in [0, 0.1) is 10.8 Å². The minimum absolute atomic E-state index is 0.127. The second-order valence-electron chi connectivity index (χ2n) is 9.50. The van der Waals surface area contributed by atoms with E-state index in [-0.39, 0.29) is 12.5 Å². The van der Waals surface area contributed by atoms with Gasteiger partial charge in [-0.2, -0.15) is 0 Å². The number of nitroso groups, excluding NO2 is 1. The molecule has 3 aliphatic rings. The molecule has 2 aromatic carbocycles. The van der Waals surface area contributed by atoms with Crippen LogP contribution in [0.1, 0.15) is 40.2 Å². The highest BCUT2D eigenvalue weighted by Gasteiger charge is 2.41. The first kappa shape index (κ1) is 21.9. The van der Waals surface area contributed by atoms with Gasteiger partial charge in [-0.05, 0) is 43.7 Å². The molecule has 0 spiro atoms. The number of carbonyl (C=O) groups excluding carboxylic acids is 1. The largest absolute Gasteiger partial charge is 0.496 e. The number of hydrazine groups is 1. The predicted octanol–water partition coefficient (Wildman–Crippen LogP) is 3.18. The van der Waals surface area contributed by atoms with Crippen molar-refractivity contribution in [3.8, 4) is 11.5 Å². The molecular formula is C26H28N5O4+. The van der Waals surface area contributed by atoms with E-state index < -0.39 is 0 Å². The van der Waals surface area contributed by atoms with Gasteiger partial charge in [0.25, 0.3) is 6.54 Å². The second-order valence-corrected chi connectivity index (χ2v) is 9.50. The molecule has 9 heteroatoms. The zero-order valence-electron chi connectivity index (χ0n) is 19.7. The first-order valence-corrected chi connectivity index (χ1v) is 12.1. The Balaban J connectivity index is 1.07. The van der Waals surface area contributed by atoms with Crippen molar-refractivity contribution in [1.82, 2.24) is 19.9 Å². The lowest BCUT2D eigenvalue weighted by atomic mass is 9.86. The molecule has 0 aliphatic carbocycles. The van der Waals surface area contributed by atoms with Gasteiger partial charge in [0.2, 0.25) is 0 Å². The summed E-state index contributed by atoms with van der Waals surface area (Å²) in [5.74, 6) is 2.45. The van der Waals surface area contributed by atoms with Crippen molar-refractivity contribution in [1.29, 1.82) is 0 Å². The van der Waals surface area contributed by atoms with Gasteiger partial charge in [0.05, 0.1) is 36.2 Å². The second kappa shape index (κ2) is 8.88. The van der Waals surface area contributed by atoms with E-state index in [1.807, 2.05) is 24.3 Å². The number of ether oxygens (including phenoxy) is 2. The van der Waals surface area contributed by atoms with Crippen molar-refractivity contribution in [2.75, 3.05) is 39.9 Å². The van der Waals surface area contributed by atoms with Crippen LogP contribution >= 0.6 is 0 Å². The Kier molecular flexibility index (Phi) is 5.56. The number of unbranched alkanes of at least 4 members (excludes halogenated alkanes) is 1. The maximum absolute atomic E-state index is 13.1. The average Bonchev–Trinajstić information content (AvgIpc) is 3.31. The van der Waals surface area contributed by atoms with Crippen LogP contribution in [-0.2, 0) is 6.54 Å². The molecule has 0 N–H and O–H groups in total. The van der Waals surface area contributed by atoms with Crippen molar-refractivity contribution in [2.45, 2.75) is 25.3 Å². The summed E-state index contributed by atoms with van der Waals surface area (Å²) in [5, 5.41) is 2.09. The average molecular weight is 475 g/mol. The lowest BCUT2D eigenvalue weighted by molar-refractivity contribution is -0.702. The number of carbonyl (C=O) groups is 1. The molecule has 0 saturated carbocycles. The molecule has 6 rings (SSSR count). The van der Waals surface area contributed by atoms with Gasteiger partial charge in [0.1, 0.15) is 22.7 Å². The number of nitrogens with zero attached hydrogens (tertiary/aromatic N) is 5. The lowest BCUT2D eigenvalue weighted by Crippen LogP contribution is -2.43. The Hall–Kier alpha value is -3.59. The monoisotopic (exact) mass is 474 g/mol. The minimum atomic E-state index is -0.250. The highest BCUT2D eigenvalue weighted by molar-refractivity contribution is 6.00. The molecule has 4 heterocycles. The Bertz CT molecular complexity index is 1300. The van der Waals surface area contributed by atoms with Crippen molar-refractivity contribution in [2.24, 2.45) is 5.92 Å². The van der Waals surface area contributed by atoms with E-state index in [1.165, 1.54) is 16.9 Å². The molecule has 0 bridgehead atoms. The number of benzene rings is 2. The summed E-state index contributed by atoms with van der Waals surface area (Å²) in [5.41, 5.74) is 3.20. The maximum atomic E-state index is 13.1. The van der Waals surface area contributed by atoms with Crippen LogP contribution in [0.4, 0.5) is 0 Å². The van der Waals surface area contributed by atoms with E-state index in [1.54, 1.807) is 19.4 Å². The van der Waals surface area contributed by atoms with Gasteiger partial charge < -0.3 is 14.4 Å². The molecule has 35 heavy (non-hydrogen) atoms. The predicted molar refractivity (Wildman–Crippen MR) is 128 cm³/mol. The van der Waals surface area contributed by atoms with Crippen LogP contribution in [0.25, 0.3) is 10.9 Å². The van der Waals surface area contributed by atoms with Gasteiger partial charge in [-0.15, -0.1) is 0 Å². The minimum Gasteiger partial charge on any atom is -0.496 e. The number of hydrogen-bond donors (Lipinski definition) is 0. The van der Waals surface area contributed by atoms with Gasteiger partial charge in [-0.1, -0.05) is 11.1 Å². The van der Waals surface area contributed by atoms with Crippen LogP contribution in [0.2, 0.25) is 0 Å². The van der Waals surface area contributed by atoms with E-state index in [4.69, 9.17) is 9.47 Å². The number of aromatic nitrogens is 2. The fourth-order valence-electron chi connectivity index (χ4n) is 5.78. The summed E-state index contributed by atoms with van der Waals surface area (Å²) in [6.07, 6.45) is 4.82. The molecule has 3 aliphatic heterocycles. The molecule has 1 aromatic heterocycles. The number of methoxy groups -OCH3 is 1. The molecule has 180 valence electrons. The number of hydrogen-bond acceptors (Lipinski definition) is 7. The first-order valence-electron chi connectivity index (χ1n) is 12.1. The highest BCUT2D eigenvalue weighted by Crippen LogP contribution is 2.46. The van der Waals surface area contributed by atoms with E-state index in [9.17, 15) is 9.70 Å². The topological polar surface area (TPSA) is 87.9 Å². The van der Waals surface area contributed by atoms with Gasteiger partial charge in [-0.25, -0.2) is 9.97 Å². The standard InChI is InChI=1S/C26H28N5O4/c1-34-23-5-4-6-24-25(23)20-13-29(12-17(20)15-35-24)9-2-3-10-30-26(32)18-7-8-22-19(11-27-16-28-22)21(18)14-31(30)33/h4-8,11,16-17,20H,2-3,9-10,12-15H2,1H3/q+1/t17-,20+/m0/s1. The highest BCUT2D eigenvalue weighted by atomic mass is 16.5. The Morgan fingerprint density at radius 3 is 2.94 bits per heavy atom. The van der Waals surface area contributed by atoms with Crippen molar-refractivity contribution < 1.29 is 19.1 Å². The van der Waals surface area contributed by atoms with Crippen LogP contribution in [0.3, 0.4) is 0 Å². The third kappa shape index (κ3) is 3.80. The van der Waals surface area contributed by atoms with Crippen molar-refractivity contribution in [3.05, 3.63) is 64.5 Å². The SMILES string of the molecule is COc1cccc2c1[C@@H]1CN(CCCCN3C(=O)c4ccc5ncncc5c4C[N+]3=O)C[C@H]1CO2. The van der Waals surface area contributed by atoms with Gasteiger partial charge in [-0.3, -0.25) is 4.79 Å². The molecule has 1 fully saturated rings.